The average molecular weight is 518 g/mol. The van der Waals surface area contributed by atoms with Crippen molar-refractivity contribution in [1.82, 2.24) is 19.8 Å². The normalized spacial score (nSPS) is 17.2. The van der Waals surface area contributed by atoms with Crippen LogP contribution in [0.5, 0.6) is 11.5 Å². The van der Waals surface area contributed by atoms with E-state index in [0.717, 1.165) is 19.2 Å². The Bertz CT molecular complexity index is 1310. The molecule has 1 saturated heterocycles. The highest BCUT2D eigenvalue weighted by molar-refractivity contribution is 5.92. The number of nitrogens with one attached hydrogen (secondary N) is 1. The lowest BCUT2D eigenvalue weighted by Crippen LogP contribution is -2.53. The standard InChI is InChI=1S/C26H30F3N5O3/c1-14-13-33(4)9-10-34(14)26(35)37-22-11-19-20(12-21(22)36-5)31-16(3)32-25(19)30-15(2)17-7-6-8-18(23(17)27)24(28)29/h6-8,11-12,14-15,24H,9-10,13H2,1-5H3,(H,30,31,32)/t14-,15+/m0/s1. The third-order valence-corrected chi connectivity index (χ3v) is 6.47. The molecule has 37 heavy (non-hydrogen) atoms. The number of hydrogen-bond donors (Lipinski definition) is 1. The average Bonchev–Trinajstić information content (AvgIpc) is 2.83. The second-order valence-electron chi connectivity index (χ2n) is 9.23. The number of amides is 1. The van der Waals surface area contributed by atoms with Crippen LogP contribution >= 0.6 is 0 Å². The number of benzene rings is 2. The Hall–Kier alpha value is -3.60. The van der Waals surface area contributed by atoms with Crippen LogP contribution in [-0.4, -0.2) is 65.7 Å². The molecule has 0 spiro atoms. The van der Waals surface area contributed by atoms with Gasteiger partial charge in [-0.15, -0.1) is 0 Å². The number of carbonyl (C=O) groups excluding carboxylic acids is 1. The molecule has 1 aliphatic rings. The number of rotatable bonds is 6. The molecule has 3 aromatic rings. The molecule has 198 valence electrons. The van der Waals surface area contributed by atoms with Crippen molar-refractivity contribution in [2.75, 3.05) is 39.1 Å². The minimum absolute atomic E-state index is 0.0272. The Labute approximate surface area is 213 Å². The molecular weight excluding hydrogens is 487 g/mol. The van der Waals surface area contributed by atoms with E-state index in [1.165, 1.54) is 19.2 Å². The van der Waals surface area contributed by atoms with Gasteiger partial charge in [-0.3, -0.25) is 0 Å². The minimum Gasteiger partial charge on any atom is -0.493 e. The number of carbonyl (C=O) groups is 1. The van der Waals surface area contributed by atoms with Crippen LogP contribution in [0, 0.1) is 12.7 Å². The Kier molecular flexibility index (Phi) is 7.72. The topological polar surface area (TPSA) is 79.8 Å². The number of alkyl halides is 2. The molecule has 0 saturated carbocycles. The van der Waals surface area contributed by atoms with Crippen LogP contribution in [0.4, 0.5) is 23.8 Å². The molecule has 2 heterocycles. The molecule has 1 aromatic heterocycles. The number of halogens is 3. The summed E-state index contributed by atoms with van der Waals surface area (Å²) < 4.78 is 52.4. The summed E-state index contributed by atoms with van der Waals surface area (Å²) in [4.78, 5) is 25.7. The maximum Gasteiger partial charge on any atom is 0.415 e. The highest BCUT2D eigenvalue weighted by atomic mass is 19.3. The van der Waals surface area contributed by atoms with Gasteiger partial charge >= 0.3 is 6.09 Å². The monoisotopic (exact) mass is 517 g/mol. The van der Waals surface area contributed by atoms with Crippen molar-refractivity contribution in [2.24, 2.45) is 0 Å². The zero-order valence-electron chi connectivity index (χ0n) is 21.4. The van der Waals surface area contributed by atoms with Gasteiger partial charge in [0.05, 0.1) is 24.2 Å². The molecule has 1 fully saturated rings. The van der Waals surface area contributed by atoms with Crippen molar-refractivity contribution in [1.29, 1.82) is 0 Å². The number of methoxy groups -OCH3 is 1. The second-order valence-corrected chi connectivity index (χ2v) is 9.23. The Balaban J connectivity index is 1.68. The van der Waals surface area contributed by atoms with E-state index in [-0.39, 0.29) is 17.4 Å². The summed E-state index contributed by atoms with van der Waals surface area (Å²) >= 11 is 0. The number of fused-ring (bicyclic) bond motifs is 1. The molecule has 0 aliphatic carbocycles. The number of piperazine rings is 1. The van der Waals surface area contributed by atoms with Crippen molar-refractivity contribution in [3.63, 3.8) is 0 Å². The van der Waals surface area contributed by atoms with Gasteiger partial charge in [-0.2, -0.15) is 0 Å². The van der Waals surface area contributed by atoms with Crippen LogP contribution < -0.4 is 14.8 Å². The first-order valence-corrected chi connectivity index (χ1v) is 11.9. The van der Waals surface area contributed by atoms with Crippen molar-refractivity contribution in [3.8, 4) is 11.5 Å². The molecule has 1 amide bonds. The van der Waals surface area contributed by atoms with Gasteiger partial charge in [-0.25, -0.2) is 27.9 Å². The number of nitrogens with zero attached hydrogens (tertiary/aromatic N) is 4. The highest BCUT2D eigenvalue weighted by Gasteiger charge is 2.28. The molecule has 11 heteroatoms. The highest BCUT2D eigenvalue weighted by Crippen LogP contribution is 2.36. The molecule has 1 N–H and O–H groups in total. The van der Waals surface area contributed by atoms with Crippen molar-refractivity contribution >= 4 is 22.8 Å². The van der Waals surface area contributed by atoms with Gasteiger partial charge in [0.15, 0.2) is 11.5 Å². The summed E-state index contributed by atoms with van der Waals surface area (Å²) in [6.07, 6.45) is -3.43. The molecule has 0 unspecified atom stereocenters. The number of aryl methyl sites for hydroxylation is 1. The lowest BCUT2D eigenvalue weighted by molar-refractivity contribution is 0.0886. The second kappa shape index (κ2) is 10.8. The van der Waals surface area contributed by atoms with Crippen LogP contribution in [-0.2, 0) is 0 Å². The summed E-state index contributed by atoms with van der Waals surface area (Å²) in [6.45, 7) is 7.29. The molecule has 0 bridgehead atoms. The maximum absolute atomic E-state index is 14.8. The lowest BCUT2D eigenvalue weighted by atomic mass is 10.0. The van der Waals surface area contributed by atoms with Crippen LogP contribution in [0.3, 0.4) is 0 Å². The first-order chi connectivity index (χ1) is 17.6. The summed E-state index contributed by atoms with van der Waals surface area (Å²) in [6, 6.07) is 6.40. The fourth-order valence-electron chi connectivity index (χ4n) is 4.52. The summed E-state index contributed by atoms with van der Waals surface area (Å²) in [5.74, 6) is 0.299. The molecule has 0 radical (unpaired) electrons. The number of ether oxygens (including phenoxy) is 2. The van der Waals surface area contributed by atoms with Gasteiger partial charge in [0.25, 0.3) is 6.43 Å². The molecule has 4 rings (SSSR count). The molecule has 1 aliphatic heterocycles. The molecule has 2 atom stereocenters. The van der Waals surface area contributed by atoms with Gasteiger partial charge in [0.2, 0.25) is 0 Å². The van der Waals surface area contributed by atoms with E-state index < -0.39 is 29.9 Å². The zero-order valence-corrected chi connectivity index (χ0v) is 21.4. The van der Waals surface area contributed by atoms with Gasteiger partial charge in [-0.1, -0.05) is 18.2 Å². The van der Waals surface area contributed by atoms with Crippen molar-refractivity contribution in [3.05, 3.63) is 53.1 Å². The van der Waals surface area contributed by atoms with Crippen LogP contribution in [0.1, 0.15) is 43.3 Å². The lowest BCUT2D eigenvalue weighted by Gasteiger charge is -2.37. The SMILES string of the molecule is COc1cc2nc(C)nc(N[C@H](C)c3cccc(C(F)F)c3F)c2cc1OC(=O)N1CCN(C)C[C@@H]1C. The summed E-state index contributed by atoms with van der Waals surface area (Å²) in [7, 11) is 3.46. The molecule has 2 aromatic carbocycles. The van der Waals surface area contributed by atoms with Crippen LogP contribution in [0.2, 0.25) is 0 Å². The van der Waals surface area contributed by atoms with Crippen molar-refractivity contribution < 1.29 is 27.4 Å². The maximum atomic E-state index is 14.8. The Morgan fingerprint density at radius 1 is 1.16 bits per heavy atom. The quantitative estimate of drug-likeness (QED) is 0.473. The van der Waals surface area contributed by atoms with E-state index in [1.54, 1.807) is 30.9 Å². The first kappa shape index (κ1) is 26.5. The number of aromatic nitrogens is 2. The number of hydrogen-bond acceptors (Lipinski definition) is 7. The van der Waals surface area contributed by atoms with E-state index in [0.29, 0.717) is 34.8 Å². The predicted octanol–water partition coefficient (Wildman–Crippen LogP) is 5.33. The van der Waals surface area contributed by atoms with Gasteiger partial charge in [0.1, 0.15) is 17.5 Å². The number of anilines is 1. The Morgan fingerprint density at radius 3 is 2.57 bits per heavy atom. The van der Waals surface area contributed by atoms with Gasteiger partial charge < -0.3 is 24.6 Å². The molecular formula is C26H30F3N5O3. The van der Waals surface area contributed by atoms with Crippen molar-refractivity contribution in [2.45, 2.75) is 39.3 Å². The minimum atomic E-state index is -2.93. The third-order valence-electron chi connectivity index (χ3n) is 6.47. The number of likely N-dealkylation sites (N-methyl/N-ethyl adjacent to an activating group) is 1. The first-order valence-electron chi connectivity index (χ1n) is 11.9. The fraction of sp³-hybridized carbons (Fsp3) is 0.423. The predicted molar refractivity (Wildman–Crippen MR) is 134 cm³/mol. The van der Waals surface area contributed by atoms with E-state index >= 15 is 0 Å². The fourth-order valence-corrected chi connectivity index (χ4v) is 4.52. The van der Waals surface area contributed by atoms with E-state index in [2.05, 4.69) is 20.2 Å². The van der Waals surface area contributed by atoms with Crippen LogP contribution in [0.25, 0.3) is 10.9 Å². The zero-order chi connectivity index (χ0) is 26.9. The van der Waals surface area contributed by atoms with Gasteiger partial charge in [0, 0.05) is 42.7 Å². The van der Waals surface area contributed by atoms with Gasteiger partial charge in [-0.05, 0) is 33.9 Å². The van der Waals surface area contributed by atoms with E-state index in [9.17, 15) is 18.0 Å². The third kappa shape index (κ3) is 5.56. The van der Waals surface area contributed by atoms with E-state index in [1.807, 2.05) is 14.0 Å². The summed E-state index contributed by atoms with van der Waals surface area (Å²) in [5, 5.41) is 3.61. The largest absolute Gasteiger partial charge is 0.493 e. The molecule has 8 nitrogen and oxygen atoms in total. The Morgan fingerprint density at radius 2 is 1.89 bits per heavy atom. The smallest absolute Gasteiger partial charge is 0.415 e. The summed E-state index contributed by atoms with van der Waals surface area (Å²) in [5.41, 5.74) is -0.0769. The van der Waals surface area contributed by atoms with Crippen LogP contribution in [0.15, 0.2) is 30.3 Å². The van der Waals surface area contributed by atoms with E-state index in [4.69, 9.17) is 9.47 Å².